The van der Waals surface area contributed by atoms with Gasteiger partial charge in [-0.15, -0.1) is 0 Å². The highest BCUT2D eigenvalue weighted by Gasteiger charge is 2.26. The SMILES string of the molecule is COc1ccc([C@@H](CC(=O)O)NS(=O)(=O)c2cccc3nsnc23)cc1. The summed E-state index contributed by atoms with van der Waals surface area (Å²) in [7, 11) is -2.50. The highest BCUT2D eigenvalue weighted by molar-refractivity contribution is 7.89. The second kappa shape index (κ2) is 7.36. The maximum absolute atomic E-state index is 12.8. The Morgan fingerprint density at radius 1 is 1.23 bits per heavy atom. The average Bonchev–Trinajstić information content (AvgIpc) is 3.09. The van der Waals surface area contributed by atoms with Crippen LogP contribution in [0.5, 0.6) is 5.75 Å². The fourth-order valence-corrected chi connectivity index (χ4v) is 4.48. The van der Waals surface area contributed by atoms with Gasteiger partial charge in [0.15, 0.2) is 0 Å². The number of methoxy groups -OCH3 is 1. The number of fused-ring (bicyclic) bond motifs is 1. The van der Waals surface area contributed by atoms with Gasteiger partial charge in [0.05, 0.1) is 31.3 Å². The molecule has 3 rings (SSSR count). The number of carboxylic acids is 1. The van der Waals surface area contributed by atoms with E-state index >= 15 is 0 Å². The molecule has 1 aromatic heterocycles. The van der Waals surface area contributed by atoms with Crippen molar-refractivity contribution < 1.29 is 23.1 Å². The molecule has 0 bridgehead atoms. The Balaban J connectivity index is 1.97. The van der Waals surface area contributed by atoms with Crippen LogP contribution in [0.3, 0.4) is 0 Å². The summed E-state index contributed by atoms with van der Waals surface area (Å²) >= 11 is 0.913. The Labute approximate surface area is 153 Å². The standard InChI is InChI=1S/C16H15N3O5S2/c1-24-11-7-5-10(6-8-11)13(9-15(20)21)19-26(22,23)14-4-2-3-12-16(14)18-25-17-12/h2-8,13,19H,9H2,1H3,(H,20,21)/t13-/m1/s1. The van der Waals surface area contributed by atoms with E-state index in [1.807, 2.05) is 0 Å². The smallest absolute Gasteiger partial charge is 0.305 e. The van der Waals surface area contributed by atoms with Gasteiger partial charge >= 0.3 is 5.97 Å². The highest BCUT2D eigenvalue weighted by atomic mass is 32.2. The first kappa shape index (κ1) is 18.2. The molecule has 0 fully saturated rings. The molecule has 0 amide bonds. The first-order valence-electron chi connectivity index (χ1n) is 7.50. The predicted octanol–water partition coefficient (Wildman–Crippen LogP) is 2.19. The molecule has 0 radical (unpaired) electrons. The number of hydrogen-bond donors (Lipinski definition) is 2. The number of nitrogens with one attached hydrogen (secondary N) is 1. The van der Waals surface area contributed by atoms with E-state index in [1.165, 1.54) is 13.2 Å². The Morgan fingerprint density at radius 3 is 2.62 bits per heavy atom. The molecule has 0 unspecified atom stereocenters. The van der Waals surface area contributed by atoms with E-state index in [-0.39, 0.29) is 10.4 Å². The molecule has 3 aromatic rings. The van der Waals surface area contributed by atoms with Crippen LogP contribution in [0.4, 0.5) is 0 Å². The van der Waals surface area contributed by atoms with Crippen LogP contribution in [0.2, 0.25) is 0 Å². The minimum atomic E-state index is -4.01. The number of nitrogens with zero attached hydrogens (tertiary/aromatic N) is 2. The molecule has 2 aromatic carbocycles. The zero-order chi connectivity index (χ0) is 18.7. The first-order valence-corrected chi connectivity index (χ1v) is 9.71. The van der Waals surface area contributed by atoms with Crippen molar-refractivity contribution in [1.29, 1.82) is 0 Å². The minimum Gasteiger partial charge on any atom is -0.497 e. The molecule has 2 N–H and O–H groups in total. The van der Waals surface area contributed by atoms with Crippen LogP contribution in [-0.2, 0) is 14.8 Å². The number of sulfonamides is 1. The van der Waals surface area contributed by atoms with Crippen molar-refractivity contribution in [3.8, 4) is 5.75 Å². The van der Waals surface area contributed by atoms with Crippen LogP contribution in [0.15, 0.2) is 47.4 Å². The van der Waals surface area contributed by atoms with Gasteiger partial charge in [-0.05, 0) is 29.8 Å². The van der Waals surface area contributed by atoms with E-state index in [0.717, 1.165) is 11.7 Å². The van der Waals surface area contributed by atoms with Crippen LogP contribution in [0.25, 0.3) is 11.0 Å². The fraction of sp³-hybridized carbons (Fsp3) is 0.188. The lowest BCUT2D eigenvalue weighted by molar-refractivity contribution is -0.137. The molecule has 0 saturated heterocycles. The van der Waals surface area contributed by atoms with Gasteiger partial charge < -0.3 is 9.84 Å². The second-order valence-corrected chi connectivity index (χ2v) is 7.64. The Morgan fingerprint density at radius 2 is 1.96 bits per heavy atom. The van der Waals surface area contributed by atoms with Crippen molar-refractivity contribution in [2.24, 2.45) is 0 Å². The van der Waals surface area contributed by atoms with Gasteiger partial charge in [0.1, 0.15) is 21.7 Å². The van der Waals surface area contributed by atoms with Crippen LogP contribution < -0.4 is 9.46 Å². The molecule has 10 heteroatoms. The predicted molar refractivity (Wildman–Crippen MR) is 95.7 cm³/mol. The quantitative estimate of drug-likeness (QED) is 0.631. The summed E-state index contributed by atoms with van der Waals surface area (Å²) in [6.45, 7) is 0. The molecule has 136 valence electrons. The number of hydrogen-bond acceptors (Lipinski definition) is 7. The number of ether oxygens (including phenoxy) is 1. The third-order valence-corrected chi connectivity index (χ3v) is 5.78. The van der Waals surface area contributed by atoms with E-state index in [1.54, 1.807) is 36.4 Å². The summed E-state index contributed by atoms with van der Waals surface area (Å²) in [6, 6.07) is 10.2. The van der Waals surface area contributed by atoms with Gasteiger partial charge in [0, 0.05) is 0 Å². The summed E-state index contributed by atoms with van der Waals surface area (Å²) in [5, 5.41) is 9.17. The van der Waals surface area contributed by atoms with E-state index in [0.29, 0.717) is 16.8 Å². The monoisotopic (exact) mass is 393 g/mol. The van der Waals surface area contributed by atoms with Crippen molar-refractivity contribution in [3.63, 3.8) is 0 Å². The number of rotatable bonds is 7. The third-order valence-electron chi connectivity index (χ3n) is 3.73. The van der Waals surface area contributed by atoms with E-state index in [9.17, 15) is 18.3 Å². The summed E-state index contributed by atoms with van der Waals surface area (Å²) in [5.74, 6) is -0.536. The molecule has 0 aliphatic carbocycles. The lowest BCUT2D eigenvalue weighted by Gasteiger charge is -2.18. The summed E-state index contributed by atoms with van der Waals surface area (Å²) in [5.41, 5.74) is 1.24. The lowest BCUT2D eigenvalue weighted by Crippen LogP contribution is -2.30. The maximum atomic E-state index is 12.8. The number of benzene rings is 2. The summed E-state index contributed by atoms with van der Waals surface area (Å²) in [6.07, 6.45) is -0.406. The molecule has 0 aliphatic rings. The average molecular weight is 393 g/mol. The Hall–Kier alpha value is -2.56. The van der Waals surface area contributed by atoms with E-state index in [4.69, 9.17) is 4.74 Å². The van der Waals surface area contributed by atoms with Crippen LogP contribution in [-0.4, -0.2) is 35.4 Å². The molecule has 1 atom stereocenters. The minimum absolute atomic E-state index is 0.0346. The van der Waals surface area contributed by atoms with Crippen molar-refractivity contribution in [2.45, 2.75) is 17.4 Å². The van der Waals surface area contributed by atoms with Gasteiger partial charge in [0.25, 0.3) is 0 Å². The van der Waals surface area contributed by atoms with Gasteiger partial charge in [0.2, 0.25) is 10.0 Å². The number of carbonyl (C=O) groups is 1. The molecule has 8 nitrogen and oxygen atoms in total. The fourth-order valence-electron chi connectivity index (χ4n) is 2.49. The number of carboxylic acid groups (broad SMARTS) is 1. The molecule has 0 saturated carbocycles. The maximum Gasteiger partial charge on any atom is 0.305 e. The molecule has 0 aliphatic heterocycles. The Kier molecular flexibility index (Phi) is 5.16. The van der Waals surface area contributed by atoms with E-state index < -0.39 is 28.5 Å². The molecule has 0 spiro atoms. The van der Waals surface area contributed by atoms with Gasteiger partial charge in [-0.3, -0.25) is 4.79 Å². The van der Waals surface area contributed by atoms with Crippen molar-refractivity contribution in [1.82, 2.24) is 13.5 Å². The topological polar surface area (TPSA) is 118 Å². The van der Waals surface area contributed by atoms with Crippen LogP contribution >= 0.6 is 11.7 Å². The van der Waals surface area contributed by atoms with Crippen LogP contribution in [0, 0.1) is 0 Å². The highest BCUT2D eigenvalue weighted by Crippen LogP contribution is 2.26. The van der Waals surface area contributed by atoms with Gasteiger partial charge in [-0.1, -0.05) is 18.2 Å². The van der Waals surface area contributed by atoms with Crippen molar-refractivity contribution in [2.75, 3.05) is 7.11 Å². The second-order valence-electron chi connectivity index (χ2n) is 5.43. The summed E-state index contributed by atoms with van der Waals surface area (Å²) < 4.78 is 41.3. The first-order chi connectivity index (χ1) is 12.4. The zero-order valence-corrected chi connectivity index (χ0v) is 15.3. The molecular weight excluding hydrogens is 378 g/mol. The van der Waals surface area contributed by atoms with Crippen molar-refractivity contribution in [3.05, 3.63) is 48.0 Å². The number of aliphatic carboxylic acids is 1. The number of aromatic nitrogens is 2. The van der Waals surface area contributed by atoms with Gasteiger partial charge in [-0.25, -0.2) is 13.1 Å². The zero-order valence-electron chi connectivity index (χ0n) is 13.6. The molecule has 1 heterocycles. The molecular formula is C16H15N3O5S2. The summed E-state index contributed by atoms with van der Waals surface area (Å²) in [4.78, 5) is 11.2. The third kappa shape index (κ3) is 3.82. The lowest BCUT2D eigenvalue weighted by atomic mass is 10.0. The largest absolute Gasteiger partial charge is 0.497 e. The molecule has 26 heavy (non-hydrogen) atoms. The van der Waals surface area contributed by atoms with Crippen molar-refractivity contribution >= 4 is 38.8 Å². The van der Waals surface area contributed by atoms with Crippen LogP contribution in [0.1, 0.15) is 18.0 Å². The Bertz CT molecular complexity index is 1030. The van der Waals surface area contributed by atoms with E-state index in [2.05, 4.69) is 13.5 Å². The van der Waals surface area contributed by atoms with Gasteiger partial charge in [-0.2, -0.15) is 8.75 Å². The normalized spacial score (nSPS) is 12.8.